The molecule has 0 spiro atoms. The Bertz CT molecular complexity index is 308. The quantitative estimate of drug-likeness (QED) is 0.643. The first-order chi connectivity index (χ1) is 8.41. The molecule has 1 unspecified atom stereocenters. The van der Waals surface area contributed by atoms with E-state index in [2.05, 4.69) is 5.32 Å². The van der Waals surface area contributed by atoms with E-state index < -0.39 is 24.1 Å². The highest BCUT2D eigenvalue weighted by Gasteiger charge is 2.28. The SMILES string of the molecule is CC1CN(C(=O)N[C@H](C(=O)O)[C@@H](C)O)CCCO1. The van der Waals surface area contributed by atoms with Crippen molar-refractivity contribution in [3.05, 3.63) is 0 Å². The van der Waals surface area contributed by atoms with Gasteiger partial charge in [0.25, 0.3) is 0 Å². The number of hydrogen-bond acceptors (Lipinski definition) is 4. The number of nitrogens with zero attached hydrogens (tertiary/aromatic N) is 1. The topological polar surface area (TPSA) is 99.1 Å². The number of aliphatic hydroxyl groups is 1. The number of carboxylic acid groups (broad SMARTS) is 1. The van der Waals surface area contributed by atoms with E-state index in [-0.39, 0.29) is 6.10 Å². The molecule has 18 heavy (non-hydrogen) atoms. The summed E-state index contributed by atoms with van der Waals surface area (Å²) in [7, 11) is 0. The molecule has 1 heterocycles. The van der Waals surface area contributed by atoms with Crippen LogP contribution >= 0.6 is 0 Å². The summed E-state index contributed by atoms with van der Waals surface area (Å²) in [5, 5.41) is 20.5. The minimum absolute atomic E-state index is 0.0759. The van der Waals surface area contributed by atoms with Crippen LogP contribution < -0.4 is 5.32 Å². The predicted octanol–water partition coefficient (Wildman–Crippen LogP) is -0.359. The zero-order valence-corrected chi connectivity index (χ0v) is 10.6. The van der Waals surface area contributed by atoms with E-state index in [0.717, 1.165) is 0 Å². The fourth-order valence-corrected chi connectivity index (χ4v) is 1.79. The van der Waals surface area contributed by atoms with Crippen molar-refractivity contribution >= 4 is 12.0 Å². The Morgan fingerprint density at radius 1 is 1.50 bits per heavy atom. The molecule has 1 saturated heterocycles. The van der Waals surface area contributed by atoms with E-state index >= 15 is 0 Å². The third kappa shape index (κ3) is 4.15. The van der Waals surface area contributed by atoms with E-state index in [1.165, 1.54) is 11.8 Å². The van der Waals surface area contributed by atoms with Crippen LogP contribution in [0.15, 0.2) is 0 Å². The lowest BCUT2D eigenvalue weighted by atomic mass is 10.2. The van der Waals surface area contributed by atoms with Gasteiger partial charge in [0.1, 0.15) is 0 Å². The smallest absolute Gasteiger partial charge is 0.328 e. The lowest BCUT2D eigenvalue weighted by Crippen LogP contribution is -2.53. The first-order valence-corrected chi connectivity index (χ1v) is 5.99. The van der Waals surface area contributed by atoms with Crippen molar-refractivity contribution in [1.82, 2.24) is 10.2 Å². The van der Waals surface area contributed by atoms with E-state index in [4.69, 9.17) is 9.84 Å². The number of nitrogens with one attached hydrogen (secondary N) is 1. The summed E-state index contributed by atoms with van der Waals surface area (Å²) in [4.78, 5) is 24.3. The lowest BCUT2D eigenvalue weighted by Gasteiger charge is -2.25. The number of carboxylic acids is 1. The first kappa shape index (κ1) is 14.7. The number of aliphatic hydroxyl groups excluding tert-OH is 1. The van der Waals surface area contributed by atoms with Gasteiger partial charge in [-0.1, -0.05) is 0 Å². The van der Waals surface area contributed by atoms with E-state index in [0.29, 0.717) is 26.1 Å². The van der Waals surface area contributed by atoms with Crippen LogP contribution in [0.5, 0.6) is 0 Å². The van der Waals surface area contributed by atoms with Gasteiger partial charge in [0.05, 0.1) is 12.2 Å². The van der Waals surface area contributed by atoms with Crippen LogP contribution in [0.3, 0.4) is 0 Å². The molecule has 1 aliphatic heterocycles. The number of carbonyl (C=O) groups is 2. The van der Waals surface area contributed by atoms with E-state index in [1.807, 2.05) is 6.92 Å². The van der Waals surface area contributed by atoms with Gasteiger partial charge in [-0.2, -0.15) is 0 Å². The van der Waals surface area contributed by atoms with Crippen LogP contribution in [-0.4, -0.2) is 65.1 Å². The highest BCUT2D eigenvalue weighted by atomic mass is 16.5. The van der Waals surface area contributed by atoms with Gasteiger partial charge in [-0.15, -0.1) is 0 Å². The molecule has 0 bridgehead atoms. The summed E-state index contributed by atoms with van der Waals surface area (Å²) in [5.74, 6) is -1.25. The molecule has 2 amide bonds. The van der Waals surface area contributed by atoms with Gasteiger partial charge in [-0.05, 0) is 20.3 Å². The molecule has 7 nitrogen and oxygen atoms in total. The van der Waals surface area contributed by atoms with Crippen molar-refractivity contribution in [1.29, 1.82) is 0 Å². The maximum atomic E-state index is 11.9. The van der Waals surface area contributed by atoms with Crippen molar-refractivity contribution in [2.75, 3.05) is 19.7 Å². The molecule has 0 radical (unpaired) electrons. The predicted molar refractivity (Wildman–Crippen MR) is 63.2 cm³/mol. The molecule has 1 rings (SSSR count). The Morgan fingerprint density at radius 3 is 2.72 bits per heavy atom. The zero-order valence-electron chi connectivity index (χ0n) is 10.6. The number of carbonyl (C=O) groups excluding carboxylic acids is 1. The van der Waals surface area contributed by atoms with Gasteiger partial charge >= 0.3 is 12.0 Å². The Labute approximate surface area is 106 Å². The molecule has 1 aliphatic rings. The zero-order chi connectivity index (χ0) is 13.7. The van der Waals surface area contributed by atoms with Crippen LogP contribution in [0.2, 0.25) is 0 Å². The molecule has 0 aromatic heterocycles. The second-order valence-corrected chi connectivity index (χ2v) is 4.49. The van der Waals surface area contributed by atoms with Crippen LogP contribution in [-0.2, 0) is 9.53 Å². The van der Waals surface area contributed by atoms with Crippen LogP contribution in [0.25, 0.3) is 0 Å². The Balaban J connectivity index is 2.59. The monoisotopic (exact) mass is 260 g/mol. The number of urea groups is 1. The third-order valence-corrected chi connectivity index (χ3v) is 2.77. The standard InChI is InChI=1S/C11H20N2O5/c1-7-6-13(4-3-5-18-7)11(17)12-9(8(2)14)10(15)16/h7-9,14H,3-6H2,1-2H3,(H,12,17)(H,15,16)/t7?,8-,9+/m1/s1. The molecular formula is C11H20N2O5. The Morgan fingerprint density at radius 2 is 2.17 bits per heavy atom. The van der Waals surface area contributed by atoms with Crippen LogP contribution in [0, 0.1) is 0 Å². The highest BCUT2D eigenvalue weighted by molar-refractivity contribution is 5.83. The summed E-state index contributed by atoms with van der Waals surface area (Å²) in [5.41, 5.74) is 0. The normalized spacial score (nSPS) is 23.9. The van der Waals surface area contributed by atoms with Crippen molar-refractivity contribution in [2.45, 2.75) is 38.5 Å². The summed E-state index contributed by atoms with van der Waals surface area (Å²) < 4.78 is 5.40. The molecule has 7 heteroatoms. The second-order valence-electron chi connectivity index (χ2n) is 4.49. The van der Waals surface area contributed by atoms with Crippen molar-refractivity contribution < 1.29 is 24.5 Å². The number of hydrogen-bond donors (Lipinski definition) is 3. The molecule has 3 N–H and O–H groups in total. The minimum Gasteiger partial charge on any atom is -0.480 e. The fraction of sp³-hybridized carbons (Fsp3) is 0.818. The highest BCUT2D eigenvalue weighted by Crippen LogP contribution is 2.06. The van der Waals surface area contributed by atoms with Gasteiger partial charge in [-0.25, -0.2) is 9.59 Å². The van der Waals surface area contributed by atoms with E-state index in [1.54, 1.807) is 0 Å². The summed E-state index contributed by atoms with van der Waals surface area (Å²) in [6.07, 6.45) is -0.510. The van der Waals surface area contributed by atoms with Crippen LogP contribution in [0.4, 0.5) is 4.79 Å². The largest absolute Gasteiger partial charge is 0.480 e. The number of aliphatic carboxylic acids is 1. The summed E-state index contributed by atoms with van der Waals surface area (Å²) in [6, 6.07) is -1.78. The lowest BCUT2D eigenvalue weighted by molar-refractivity contribution is -0.141. The molecular weight excluding hydrogens is 240 g/mol. The summed E-state index contributed by atoms with van der Waals surface area (Å²) in [6.45, 7) is 4.70. The molecule has 0 saturated carbocycles. The van der Waals surface area contributed by atoms with Gasteiger partial charge in [0, 0.05) is 19.7 Å². The van der Waals surface area contributed by atoms with Gasteiger partial charge in [0.15, 0.2) is 6.04 Å². The van der Waals surface area contributed by atoms with Gasteiger partial charge in [-0.3, -0.25) is 0 Å². The average molecular weight is 260 g/mol. The van der Waals surface area contributed by atoms with Gasteiger partial charge < -0.3 is 25.2 Å². The van der Waals surface area contributed by atoms with Crippen LogP contribution in [0.1, 0.15) is 20.3 Å². The Kier molecular flexibility index (Phi) is 5.36. The van der Waals surface area contributed by atoms with Crippen molar-refractivity contribution in [3.63, 3.8) is 0 Å². The molecule has 0 aliphatic carbocycles. The number of ether oxygens (including phenoxy) is 1. The maximum Gasteiger partial charge on any atom is 0.328 e. The van der Waals surface area contributed by atoms with Crippen molar-refractivity contribution in [3.8, 4) is 0 Å². The maximum absolute atomic E-state index is 11.9. The first-order valence-electron chi connectivity index (χ1n) is 5.99. The molecule has 104 valence electrons. The van der Waals surface area contributed by atoms with E-state index in [9.17, 15) is 14.7 Å². The molecule has 1 fully saturated rings. The molecule has 0 aromatic carbocycles. The minimum atomic E-state index is -1.29. The summed E-state index contributed by atoms with van der Waals surface area (Å²) >= 11 is 0. The third-order valence-electron chi connectivity index (χ3n) is 2.77. The molecule has 3 atom stereocenters. The Hall–Kier alpha value is -1.34. The fourth-order valence-electron chi connectivity index (χ4n) is 1.79. The average Bonchev–Trinajstić information content (AvgIpc) is 2.49. The number of rotatable bonds is 3. The second kappa shape index (κ2) is 6.55. The van der Waals surface area contributed by atoms with Gasteiger partial charge in [0.2, 0.25) is 0 Å². The van der Waals surface area contributed by atoms with Crippen molar-refractivity contribution in [2.24, 2.45) is 0 Å². The molecule has 0 aromatic rings. The number of amides is 2.